The highest BCUT2D eigenvalue weighted by atomic mass is 16.2. The van der Waals surface area contributed by atoms with E-state index in [9.17, 15) is 19.2 Å². The van der Waals surface area contributed by atoms with Crippen molar-refractivity contribution in [1.29, 1.82) is 0 Å². The molecule has 0 saturated carbocycles. The monoisotopic (exact) mass is 252 g/mol. The van der Waals surface area contributed by atoms with Gasteiger partial charge in [0.2, 0.25) is 5.91 Å². The molecule has 1 aromatic rings. The van der Waals surface area contributed by atoms with Crippen molar-refractivity contribution in [2.24, 2.45) is 0 Å². The number of amides is 2. The zero-order chi connectivity index (χ0) is 13.3. The molecule has 0 bridgehead atoms. The maximum Gasteiger partial charge on any atom is 0.325 e. The quantitative estimate of drug-likeness (QED) is 0.537. The van der Waals surface area contributed by atoms with Gasteiger partial charge in [-0.3, -0.25) is 19.4 Å². The maximum absolute atomic E-state index is 12.1. The van der Waals surface area contributed by atoms with Crippen LogP contribution in [0.2, 0.25) is 0 Å². The van der Waals surface area contributed by atoms with Crippen molar-refractivity contribution in [1.82, 2.24) is 20.2 Å². The van der Waals surface area contributed by atoms with Gasteiger partial charge < -0.3 is 15.2 Å². The van der Waals surface area contributed by atoms with E-state index in [4.69, 9.17) is 0 Å². The number of hydrogen-bond acceptors (Lipinski definition) is 4. The van der Waals surface area contributed by atoms with E-state index in [1.807, 2.05) is 4.98 Å². The number of carbonyl (C=O) groups excluding carboxylic acids is 2. The lowest BCUT2D eigenvalue weighted by Crippen LogP contribution is -2.56. The molecule has 96 valence electrons. The van der Waals surface area contributed by atoms with Crippen LogP contribution in [0.3, 0.4) is 0 Å². The zero-order valence-corrected chi connectivity index (χ0v) is 9.65. The van der Waals surface area contributed by atoms with Crippen LogP contribution in [0, 0.1) is 0 Å². The Morgan fingerprint density at radius 3 is 2.78 bits per heavy atom. The second-order valence-electron chi connectivity index (χ2n) is 3.95. The van der Waals surface area contributed by atoms with E-state index in [0.29, 0.717) is 13.1 Å². The molecule has 0 spiro atoms. The predicted octanol–water partition coefficient (Wildman–Crippen LogP) is -1.98. The van der Waals surface area contributed by atoms with Gasteiger partial charge >= 0.3 is 5.69 Å². The molecular weight excluding hydrogens is 240 g/mol. The van der Waals surface area contributed by atoms with Crippen LogP contribution in [0.1, 0.15) is 17.3 Å². The molecule has 1 fully saturated rings. The Morgan fingerprint density at radius 2 is 2.11 bits per heavy atom. The topological polar surface area (TPSA) is 115 Å². The largest absolute Gasteiger partial charge is 0.353 e. The van der Waals surface area contributed by atoms with E-state index in [1.165, 1.54) is 4.90 Å². The van der Waals surface area contributed by atoms with E-state index in [2.05, 4.69) is 10.3 Å². The molecule has 2 heterocycles. The van der Waals surface area contributed by atoms with E-state index in [1.54, 1.807) is 6.92 Å². The summed E-state index contributed by atoms with van der Waals surface area (Å²) in [6.07, 6.45) is 1.06. The summed E-state index contributed by atoms with van der Waals surface area (Å²) in [5.41, 5.74) is -1.63. The Labute approximate surface area is 101 Å². The third-order valence-corrected chi connectivity index (χ3v) is 2.81. The molecule has 8 heteroatoms. The van der Waals surface area contributed by atoms with Gasteiger partial charge in [-0.05, 0) is 6.92 Å². The van der Waals surface area contributed by atoms with Crippen LogP contribution in [0.4, 0.5) is 0 Å². The Hall–Kier alpha value is -2.38. The predicted molar refractivity (Wildman–Crippen MR) is 61.2 cm³/mol. The third-order valence-electron chi connectivity index (χ3n) is 2.81. The lowest BCUT2D eigenvalue weighted by Gasteiger charge is -2.32. The molecule has 1 unspecified atom stereocenters. The van der Waals surface area contributed by atoms with Crippen molar-refractivity contribution in [3.63, 3.8) is 0 Å². The molecule has 1 saturated heterocycles. The summed E-state index contributed by atoms with van der Waals surface area (Å²) in [6, 6.07) is -0.641. The van der Waals surface area contributed by atoms with Crippen molar-refractivity contribution < 1.29 is 9.59 Å². The van der Waals surface area contributed by atoms with E-state index in [0.717, 1.165) is 6.20 Å². The Balaban J connectivity index is 2.33. The maximum atomic E-state index is 12.1. The highest BCUT2D eigenvalue weighted by Gasteiger charge is 2.31. The number of carbonyl (C=O) groups is 2. The minimum absolute atomic E-state index is 0.184. The minimum atomic E-state index is -0.762. The van der Waals surface area contributed by atoms with E-state index in [-0.39, 0.29) is 11.5 Å². The average molecular weight is 252 g/mol. The molecule has 0 aliphatic carbocycles. The molecule has 1 aromatic heterocycles. The molecule has 8 nitrogen and oxygen atoms in total. The summed E-state index contributed by atoms with van der Waals surface area (Å²) in [5, 5.41) is 2.62. The molecule has 2 rings (SSSR count). The summed E-state index contributed by atoms with van der Waals surface area (Å²) in [6.45, 7) is 2.24. The van der Waals surface area contributed by atoms with Crippen molar-refractivity contribution in [2.75, 3.05) is 13.1 Å². The summed E-state index contributed by atoms with van der Waals surface area (Å²) in [4.78, 5) is 51.4. The van der Waals surface area contributed by atoms with Gasteiger partial charge in [0.05, 0.1) is 0 Å². The van der Waals surface area contributed by atoms with Crippen molar-refractivity contribution in [2.45, 2.75) is 13.0 Å². The first-order valence-corrected chi connectivity index (χ1v) is 5.41. The molecule has 18 heavy (non-hydrogen) atoms. The number of piperazine rings is 1. The number of rotatable bonds is 1. The Bertz CT molecular complexity index is 602. The Morgan fingerprint density at radius 1 is 1.39 bits per heavy atom. The second-order valence-corrected chi connectivity index (χ2v) is 3.95. The number of aromatic nitrogens is 2. The minimum Gasteiger partial charge on any atom is -0.353 e. The molecular formula is C10H12N4O4. The molecule has 1 aliphatic rings. The normalized spacial score (nSPS) is 19.5. The van der Waals surface area contributed by atoms with Crippen LogP contribution in [-0.2, 0) is 4.79 Å². The van der Waals surface area contributed by atoms with E-state index < -0.39 is 23.2 Å². The van der Waals surface area contributed by atoms with Crippen LogP contribution in [0.15, 0.2) is 15.8 Å². The van der Waals surface area contributed by atoms with Crippen molar-refractivity contribution in [3.05, 3.63) is 32.6 Å². The summed E-state index contributed by atoms with van der Waals surface area (Å²) in [7, 11) is 0. The van der Waals surface area contributed by atoms with Gasteiger partial charge in [-0.2, -0.15) is 0 Å². The van der Waals surface area contributed by atoms with Crippen molar-refractivity contribution >= 4 is 11.8 Å². The molecule has 1 aliphatic heterocycles. The standard InChI is InChI=1S/C10H12N4O4/c1-5-7(15)11-2-3-14(5)9(17)6-4-12-10(18)13-8(6)16/h4-5H,2-3H2,1H3,(H,11,15)(H2,12,13,16,18). The van der Waals surface area contributed by atoms with Gasteiger partial charge in [-0.25, -0.2) is 4.79 Å². The fourth-order valence-electron chi connectivity index (χ4n) is 1.78. The highest BCUT2D eigenvalue weighted by molar-refractivity contribution is 5.97. The van der Waals surface area contributed by atoms with Crippen LogP contribution >= 0.6 is 0 Å². The first kappa shape index (κ1) is 12.1. The molecule has 3 N–H and O–H groups in total. The Kier molecular flexibility index (Phi) is 3.00. The van der Waals surface area contributed by atoms with E-state index >= 15 is 0 Å². The number of nitrogens with one attached hydrogen (secondary N) is 3. The summed E-state index contributed by atoms with van der Waals surface area (Å²) < 4.78 is 0. The third kappa shape index (κ3) is 2.04. The van der Waals surface area contributed by atoms with Gasteiger partial charge in [0, 0.05) is 19.3 Å². The number of nitrogens with zero attached hydrogens (tertiary/aromatic N) is 1. The molecule has 0 radical (unpaired) electrons. The first-order valence-electron chi connectivity index (χ1n) is 5.41. The first-order chi connectivity index (χ1) is 8.50. The van der Waals surface area contributed by atoms with Gasteiger partial charge in [-0.1, -0.05) is 0 Å². The van der Waals surface area contributed by atoms with Gasteiger partial charge in [-0.15, -0.1) is 0 Å². The van der Waals surface area contributed by atoms with Crippen molar-refractivity contribution in [3.8, 4) is 0 Å². The zero-order valence-electron chi connectivity index (χ0n) is 9.65. The van der Waals surface area contributed by atoms with Crippen LogP contribution in [-0.4, -0.2) is 45.8 Å². The van der Waals surface area contributed by atoms with Gasteiger partial charge in [0.15, 0.2) is 0 Å². The van der Waals surface area contributed by atoms with Gasteiger partial charge in [0.25, 0.3) is 11.5 Å². The van der Waals surface area contributed by atoms with Gasteiger partial charge in [0.1, 0.15) is 11.6 Å². The number of aromatic amines is 2. The van der Waals surface area contributed by atoms with Crippen LogP contribution < -0.4 is 16.6 Å². The molecule has 0 aromatic carbocycles. The lowest BCUT2D eigenvalue weighted by molar-refractivity contribution is -0.127. The molecule has 1 atom stereocenters. The second kappa shape index (κ2) is 4.47. The fourth-order valence-corrected chi connectivity index (χ4v) is 1.78. The fraction of sp³-hybridized carbons (Fsp3) is 0.400. The molecule has 2 amide bonds. The SMILES string of the molecule is CC1C(=O)NCCN1C(=O)c1c[nH]c(=O)[nH]c1=O. The number of hydrogen-bond donors (Lipinski definition) is 3. The lowest BCUT2D eigenvalue weighted by atomic mass is 10.1. The average Bonchev–Trinajstić information content (AvgIpc) is 2.32. The number of H-pyrrole nitrogens is 2. The summed E-state index contributed by atoms with van der Waals surface area (Å²) in [5.74, 6) is -0.842. The van der Waals surface area contributed by atoms with Crippen LogP contribution in [0.25, 0.3) is 0 Å². The summed E-state index contributed by atoms with van der Waals surface area (Å²) >= 11 is 0. The smallest absolute Gasteiger partial charge is 0.325 e. The highest BCUT2D eigenvalue weighted by Crippen LogP contribution is 2.07. The van der Waals surface area contributed by atoms with Crippen LogP contribution in [0.5, 0.6) is 0 Å².